The number of piperidine rings is 1. The van der Waals surface area contributed by atoms with Crippen molar-refractivity contribution in [2.24, 2.45) is 5.92 Å². The summed E-state index contributed by atoms with van der Waals surface area (Å²) in [7, 11) is 0. The van der Waals surface area contributed by atoms with Crippen LogP contribution in [-0.2, 0) is 0 Å². The van der Waals surface area contributed by atoms with Crippen LogP contribution in [0, 0.1) is 5.92 Å². The zero-order valence-corrected chi connectivity index (χ0v) is 10.9. The topological polar surface area (TPSA) is 36.4 Å². The molecule has 1 aromatic rings. The minimum Gasteiger partial charge on any atom is -0.383 e. The molecule has 1 aliphatic heterocycles. The van der Waals surface area contributed by atoms with Crippen LogP contribution in [0.25, 0.3) is 0 Å². The molecular weight excluding hydrogens is 289 g/mol. The quantitative estimate of drug-likeness (QED) is 0.912. The highest BCUT2D eigenvalue weighted by Crippen LogP contribution is 2.34. The van der Waals surface area contributed by atoms with Crippen molar-refractivity contribution in [1.29, 1.82) is 0 Å². The number of aromatic nitrogens is 1. The van der Waals surface area contributed by atoms with E-state index >= 15 is 0 Å². The van der Waals surface area contributed by atoms with Gasteiger partial charge in [-0.2, -0.15) is 13.2 Å². The molecule has 1 saturated heterocycles. The SMILES string of the molecule is OC(C1CCN(c2ncc(Cl)s2)CC1)C(F)(F)F. The minimum atomic E-state index is -4.53. The molecule has 0 bridgehead atoms. The molecule has 0 amide bonds. The summed E-state index contributed by atoms with van der Waals surface area (Å²) in [5.74, 6) is -0.725. The highest BCUT2D eigenvalue weighted by Gasteiger charge is 2.44. The van der Waals surface area contributed by atoms with Gasteiger partial charge in [-0.25, -0.2) is 4.98 Å². The summed E-state index contributed by atoms with van der Waals surface area (Å²) in [6.07, 6.45) is -4.62. The highest BCUT2D eigenvalue weighted by atomic mass is 35.5. The summed E-state index contributed by atoms with van der Waals surface area (Å²) in [4.78, 5) is 5.98. The van der Waals surface area contributed by atoms with Gasteiger partial charge in [0, 0.05) is 13.1 Å². The van der Waals surface area contributed by atoms with Crippen molar-refractivity contribution in [3.63, 3.8) is 0 Å². The van der Waals surface area contributed by atoms with E-state index in [9.17, 15) is 18.3 Å². The second-order valence-corrected chi connectivity index (χ2v) is 5.90. The Bertz CT molecular complexity index is 404. The van der Waals surface area contributed by atoms with Crippen LogP contribution in [0.4, 0.5) is 18.3 Å². The molecule has 2 rings (SSSR count). The number of alkyl halides is 3. The Labute approximate surface area is 111 Å². The van der Waals surface area contributed by atoms with Crippen molar-refractivity contribution in [1.82, 2.24) is 4.98 Å². The molecule has 0 spiro atoms. The molecular formula is C10H12ClF3N2OS. The first kappa shape index (κ1) is 13.9. The third kappa shape index (κ3) is 3.07. The van der Waals surface area contributed by atoms with Crippen LogP contribution >= 0.6 is 22.9 Å². The van der Waals surface area contributed by atoms with Crippen LogP contribution in [-0.4, -0.2) is 35.5 Å². The summed E-state index contributed by atoms with van der Waals surface area (Å²) in [6, 6.07) is 0. The molecule has 1 fully saturated rings. The van der Waals surface area contributed by atoms with E-state index in [-0.39, 0.29) is 0 Å². The average molecular weight is 301 g/mol. The Morgan fingerprint density at radius 3 is 2.50 bits per heavy atom. The van der Waals surface area contributed by atoms with Crippen molar-refractivity contribution in [3.05, 3.63) is 10.5 Å². The maximum atomic E-state index is 12.4. The summed E-state index contributed by atoms with van der Waals surface area (Å²) in [6.45, 7) is 0.920. The Morgan fingerprint density at radius 2 is 2.06 bits per heavy atom. The Hall–Kier alpha value is -0.530. The van der Waals surface area contributed by atoms with Gasteiger partial charge in [-0.1, -0.05) is 22.9 Å². The molecule has 0 aromatic carbocycles. The number of hydrogen-bond acceptors (Lipinski definition) is 4. The number of aliphatic hydroxyl groups is 1. The molecule has 0 radical (unpaired) electrons. The summed E-state index contributed by atoms with van der Waals surface area (Å²) >= 11 is 7.06. The van der Waals surface area contributed by atoms with Crippen molar-refractivity contribution in [3.8, 4) is 0 Å². The standard InChI is InChI=1S/C10H12ClF3N2OS/c11-7-5-15-9(18-7)16-3-1-6(2-4-16)8(17)10(12,13)14/h5-6,8,17H,1-4H2. The van der Waals surface area contributed by atoms with Gasteiger partial charge >= 0.3 is 6.18 Å². The van der Waals surface area contributed by atoms with Gasteiger partial charge in [0.15, 0.2) is 11.2 Å². The number of aliphatic hydroxyl groups excluding tert-OH is 1. The average Bonchev–Trinajstić information content (AvgIpc) is 2.74. The summed E-state index contributed by atoms with van der Waals surface area (Å²) in [5, 5.41) is 9.92. The van der Waals surface area contributed by atoms with Crippen molar-refractivity contribution in [2.45, 2.75) is 25.1 Å². The van der Waals surface area contributed by atoms with Crippen LogP contribution in [0.3, 0.4) is 0 Å². The number of halogens is 4. The molecule has 1 N–H and O–H groups in total. The molecule has 18 heavy (non-hydrogen) atoms. The van der Waals surface area contributed by atoms with E-state index in [0.717, 1.165) is 5.13 Å². The van der Waals surface area contributed by atoms with Crippen LogP contribution in [0.5, 0.6) is 0 Å². The lowest BCUT2D eigenvalue weighted by atomic mass is 9.91. The second kappa shape index (κ2) is 5.22. The van der Waals surface area contributed by atoms with Crippen LogP contribution < -0.4 is 4.90 Å². The van der Waals surface area contributed by atoms with Crippen molar-refractivity contribution < 1.29 is 18.3 Å². The van der Waals surface area contributed by atoms with Gasteiger partial charge in [-0.05, 0) is 18.8 Å². The van der Waals surface area contributed by atoms with Crippen LogP contribution in [0.1, 0.15) is 12.8 Å². The molecule has 3 nitrogen and oxygen atoms in total. The van der Waals surface area contributed by atoms with E-state index in [1.54, 1.807) is 0 Å². The van der Waals surface area contributed by atoms with E-state index in [1.165, 1.54) is 17.5 Å². The number of anilines is 1. The smallest absolute Gasteiger partial charge is 0.383 e. The Balaban J connectivity index is 1.92. The lowest BCUT2D eigenvalue weighted by Crippen LogP contribution is -2.43. The molecule has 0 saturated carbocycles. The molecule has 8 heteroatoms. The summed E-state index contributed by atoms with van der Waals surface area (Å²) < 4.78 is 37.7. The maximum Gasteiger partial charge on any atom is 0.414 e. The molecule has 1 unspecified atom stereocenters. The minimum absolute atomic E-state index is 0.303. The fourth-order valence-corrected chi connectivity index (χ4v) is 3.02. The third-order valence-corrected chi connectivity index (χ3v) is 4.23. The normalized spacial score (nSPS) is 20.2. The van der Waals surface area contributed by atoms with Gasteiger partial charge in [0.05, 0.1) is 6.20 Å². The van der Waals surface area contributed by atoms with E-state index < -0.39 is 18.2 Å². The fraction of sp³-hybridized carbons (Fsp3) is 0.700. The van der Waals surface area contributed by atoms with Gasteiger partial charge in [0.2, 0.25) is 0 Å². The molecule has 1 aromatic heterocycles. The fourth-order valence-electron chi connectivity index (χ4n) is 2.07. The molecule has 1 aliphatic rings. The van der Waals surface area contributed by atoms with E-state index in [1.807, 2.05) is 4.90 Å². The van der Waals surface area contributed by atoms with Crippen LogP contribution in [0.15, 0.2) is 6.20 Å². The van der Waals surface area contributed by atoms with Crippen LogP contribution in [0.2, 0.25) is 4.34 Å². The first-order valence-electron chi connectivity index (χ1n) is 5.49. The van der Waals surface area contributed by atoms with Crippen molar-refractivity contribution >= 4 is 28.1 Å². The van der Waals surface area contributed by atoms with Gasteiger partial charge in [0.1, 0.15) is 4.34 Å². The van der Waals surface area contributed by atoms with Gasteiger partial charge in [-0.3, -0.25) is 0 Å². The number of nitrogens with zero attached hydrogens (tertiary/aromatic N) is 2. The lowest BCUT2D eigenvalue weighted by molar-refractivity contribution is -0.221. The Morgan fingerprint density at radius 1 is 1.44 bits per heavy atom. The molecule has 102 valence electrons. The monoisotopic (exact) mass is 300 g/mol. The largest absolute Gasteiger partial charge is 0.414 e. The highest BCUT2D eigenvalue weighted by molar-refractivity contribution is 7.19. The first-order chi connectivity index (χ1) is 8.38. The maximum absolute atomic E-state index is 12.4. The number of thiazole rings is 1. The second-order valence-electron chi connectivity index (χ2n) is 4.26. The predicted octanol–water partition coefficient (Wildman–Crippen LogP) is 2.94. The number of hydrogen-bond donors (Lipinski definition) is 1. The van der Waals surface area contributed by atoms with Crippen molar-refractivity contribution in [2.75, 3.05) is 18.0 Å². The zero-order valence-electron chi connectivity index (χ0n) is 9.32. The predicted molar refractivity (Wildman–Crippen MR) is 64.1 cm³/mol. The molecule has 2 heterocycles. The van der Waals surface area contributed by atoms with Gasteiger partial charge in [-0.15, -0.1) is 0 Å². The lowest BCUT2D eigenvalue weighted by Gasteiger charge is -2.34. The number of rotatable bonds is 2. The van der Waals surface area contributed by atoms with E-state index in [4.69, 9.17) is 11.6 Å². The molecule has 1 atom stereocenters. The van der Waals surface area contributed by atoms with Gasteiger partial charge in [0.25, 0.3) is 0 Å². The zero-order chi connectivity index (χ0) is 13.3. The molecule has 0 aliphatic carbocycles. The first-order valence-corrected chi connectivity index (χ1v) is 6.68. The third-order valence-electron chi connectivity index (χ3n) is 3.06. The van der Waals surface area contributed by atoms with E-state index in [2.05, 4.69) is 4.98 Å². The van der Waals surface area contributed by atoms with Gasteiger partial charge < -0.3 is 10.0 Å². The van der Waals surface area contributed by atoms with E-state index in [0.29, 0.717) is 30.3 Å². The summed E-state index contributed by atoms with van der Waals surface area (Å²) in [5.41, 5.74) is 0. The Kier molecular flexibility index (Phi) is 4.03.